The van der Waals surface area contributed by atoms with Gasteiger partial charge in [0.05, 0.1) is 12.9 Å². The Morgan fingerprint density at radius 2 is 2.00 bits per heavy atom. The normalized spacial score (nSPS) is 16.1. The molecule has 0 aromatic carbocycles. The summed E-state index contributed by atoms with van der Waals surface area (Å²) in [5, 5.41) is 22.0. The summed E-state index contributed by atoms with van der Waals surface area (Å²) in [6.07, 6.45) is 1.15. The summed E-state index contributed by atoms with van der Waals surface area (Å²) in [5.41, 5.74) is -1.02. The van der Waals surface area contributed by atoms with Crippen molar-refractivity contribution in [3.63, 3.8) is 0 Å². The van der Waals surface area contributed by atoms with Gasteiger partial charge in [-0.3, -0.25) is 14.6 Å². The lowest BCUT2D eigenvalue weighted by Crippen LogP contribution is -2.50. The van der Waals surface area contributed by atoms with Gasteiger partial charge in [0.1, 0.15) is 0 Å². The van der Waals surface area contributed by atoms with Gasteiger partial charge in [-0.25, -0.2) is 5.01 Å². The first-order valence-electron chi connectivity index (χ1n) is 5.15. The molecule has 17 heavy (non-hydrogen) atoms. The van der Waals surface area contributed by atoms with E-state index in [0.29, 0.717) is 6.54 Å². The van der Waals surface area contributed by atoms with E-state index in [1.807, 2.05) is 0 Å². The molecule has 0 atom stereocenters. The summed E-state index contributed by atoms with van der Waals surface area (Å²) >= 11 is 0. The van der Waals surface area contributed by atoms with Crippen LogP contribution in [0.1, 0.15) is 17.4 Å². The van der Waals surface area contributed by atoms with Gasteiger partial charge >= 0.3 is 0 Å². The van der Waals surface area contributed by atoms with E-state index in [2.05, 4.69) is 0 Å². The van der Waals surface area contributed by atoms with Crippen LogP contribution in [0.25, 0.3) is 0 Å². The highest BCUT2D eigenvalue weighted by atomic mass is 16.3. The highest BCUT2D eigenvalue weighted by molar-refractivity contribution is 5.95. The molecule has 7 nitrogen and oxygen atoms in total. The zero-order valence-corrected chi connectivity index (χ0v) is 9.54. The molecule has 1 aliphatic heterocycles. The molecule has 0 saturated carbocycles. The number of carbonyl (C=O) groups excluding carboxylic acids is 1. The van der Waals surface area contributed by atoms with Gasteiger partial charge in [0.15, 0.2) is 17.2 Å². The third-order valence-corrected chi connectivity index (χ3v) is 2.74. The lowest BCUT2D eigenvalue weighted by Gasteiger charge is -2.37. The van der Waals surface area contributed by atoms with Crippen LogP contribution in [0.2, 0.25) is 0 Å². The molecule has 0 unspecified atom stereocenters. The van der Waals surface area contributed by atoms with E-state index < -0.39 is 22.8 Å². The highest BCUT2D eigenvalue weighted by Crippen LogP contribution is 2.23. The maximum atomic E-state index is 12.0. The minimum atomic E-state index is -0.926. The van der Waals surface area contributed by atoms with Gasteiger partial charge in [0.25, 0.3) is 11.3 Å². The second-order valence-electron chi connectivity index (χ2n) is 3.83. The van der Waals surface area contributed by atoms with E-state index in [0.717, 1.165) is 6.20 Å². The van der Waals surface area contributed by atoms with Gasteiger partial charge in [-0.1, -0.05) is 0 Å². The van der Waals surface area contributed by atoms with Crippen LogP contribution in [-0.4, -0.2) is 44.3 Å². The van der Waals surface area contributed by atoms with Crippen molar-refractivity contribution in [1.82, 2.24) is 14.6 Å². The van der Waals surface area contributed by atoms with Crippen LogP contribution >= 0.6 is 0 Å². The van der Waals surface area contributed by atoms with Crippen molar-refractivity contribution in [2.75, 3.05) is 13.6 Å². The van der Waals surface area contributed by atoms with Gasteiger partial charge < -0.3 is 14.8 Å². The summed E-state index contributed by atoms with van der Waals surface area (Å²) in [6.45, 7) is 2.50. The van der Waals surface area contributed by atoms with Gasteiger partial charge in [0.2, 0.25) is 0 Å². The molecule has 0 spiro atoms. The Morgan fingerprint density at radius 3 is 2.59 bits per heavy atom. The first-order valence-corrected chi connectivity index (χ1v) is 5.15. The standard InChI is InChI=1S/C10H13N3O4/c1-3-13-10(17)7-9(16)8(15)6(14)4-12(7)5-11(13)2/h4,14,16H,3,5H2,1-2H3. The third-order valence-electron chi connectivity index (χ3n) is 2.74. The summed E-state index contributed by atoms with van der Waals surface area (Å²) in [7, 11) is 1.70. The van der Waals surface area contributed by atoms with Crippen LogP contribution in [0.5, 0.6) is 11.5 Å². The Balaban J connectivity index is 2.66. The zero-order chi connectivity index (χ0) is 12.7. The smallest absolute Gasteiger partial charge is 0.288 e. The lowest BCUT2D eigenvalue weighted by atomic mass is 10.2. The van der Waals surface area contributed by atoms with E-state index in [-0.39, 0.29) is 12.4 Å². The van der Waals surface area contributed by atoms with E-state index in [9.17, 15) is 19.8 Å². The second kappa shape index (κ2) is 3.77. The van der Waals surface area contributed by atoms with Crippen LogP contribution in [0.4, 0.5) is 0 Å². The highest BCUT2D eigenvalue weighted by Gasteiger charge is 2.31. The number of aromatic nitrogens is 1. The van der Waals surface area contributed by atoms with Crippen LogP contribution in [0.3, 0.4) is 0 Å². The van der Waals surface area contributed by atoms with E-state index in [1.165, 1.54) is 9.58 Å². The molecule has 0 saturated heterocycles. The quantitative estimate of drug-likeness (QED) is 0.692. The molecular formula is C10H13N3O4. The summed E-state index contributed by atoms with van der Waals surface area (Å²) in [6, 6.07) is 0. The van der Waals surface area contributed by atoms with Crippen LogP contribution < -0.4 is 5.43 Å². The molecule has 2 heterocycles. The molecular weight excluding hydrogens is 226 g/mol. The van der Waals surface area contributed by atoms with E-state index in [4.69, 9.17) is 0 Å². The van der Waals surface area contributed by atoms with Gasteiger partial charge in [-0.05, 0) is 6.92 Å². The molecule has 1 aromatic rings. The third kappa shape index (κ3) is 1.55. The van der Waals surface area contributed by atoms with Gasteiger partial charge in [0, 0.05) is 13.6 Å². The molecule has 7 heteroatoms. The number of pyridine rings is 1. The predicted octanol–water partition coefficient (Wildman–Crippen LogP) is -0.461. The number of nitrogens with zero attached hydrogens (tertiary/aromatic N) is 3. The Bertz CT molecular complexity index is 537. The fourth-order valence-electron chi connectivity index (χ4n) is 1.93. The van der Waals surface area contributed by atoms with E-state index in [1.54, 1.807) is 19.0 Å². The van der Waals surface area contributed by atoms with E-state index >= 15 is 0 Å². The minimum absolute atomic E-state index is 0.0900. The molecule has 2 N–H and O–H groups in total. The number of carbonyl (C=O) groups is 1. The second-order valence-corrected chi connectivity index (χ2v) is 3.83. The van der Waals surface area contributed by atoms with Crippen LogP contribution in [-0.2, 0) is 6.67 Å². The molecule has 2 rings (SSSR count). The van der Waals surface area contributed by atoms with Crippen molar-refractivity contribution in [3.8, 4) is 11.5 Å². The largest absolute Gasteiger partial charge is 0.503 e. The molecule has 0 bridgehead atoms. The summed E-state index contributed by atoms with van der Waals surface area (Å²) in [4.78, 5) is 23.4. The van der Waals surface area contributed by atoms with Crippen molar-refractivity contribution >= 4 is 5.91 Å². The van der Waals surface area contributed by atoms with Crippen LogP contribution in [0.15, 0.2) is 11.0 Å². The number of hydrogen-bond donors (Lipinski definition) is 2. The number of fused-ring (bicyclic) bond motifs is 1. The SMILES string of the molecule is CCN1C(=O)c2c(O)c(=O)c(O)cn2CN1C. The molecule has 1 aliphatic rings. The first-order chi connectivity index (χ1) is 7.97. The molecule has 92 valence electrons. The predicted molar refractivity (Wildman–Crippen MR) is 58.5 cm³/mol. The van der Waals surface area contributed by atoms with Crippen molar-refractivity contribution < 1.29 is 15.0 Å². The number of hydrazine groups is 1. The number of hydrogen-bond acceptors (Lipinski definition) is 5. The average Bonchev–Trinajstić information content (AvgIpc) is 2.26. The Labute approximate surface area is 97.1 Å². The Morgan fingerprint density at radius 1 is 1.35 bits per heavy atom. The monoisotopic (exact) mass is 239 g/mol. The summed E-state index contributed by atoms with van der Waals surface area (Å²) < 4.78 is 1.35. The van der Waals surface area contributed by atoms with Gasteiger partial charge in [-0.2, -0.15) is 0 Å². The maximum absolute atomic E-state index is 12.0. The fourth-order valence-corrected chi connectivity index (χ4v) is 1.93. The van der Waals surface area contributed by atoms with Crippen molar-refractivity contribution in [2.45, 2.75) is 13.6 Å². The number of amides is 1. The average molecular weight is 239 g/mol. The number of rotatable bonds is 1. The topological polar surface area (TPSA) is 86.0 Å². The molecule has 0 fully saturated rings. The Hall–Kier alpha value is -2.02. The lowest BCUT2D eigenvalue weighted by molar-refractivity contribution is -0.0230. The van der Waals surface area contributed by atoms with Crippen molar-refractivity contribution in [1.29, 1.82) is 0 Å². The Kier molecular flexibility index (Phi) is 2.55. The first kappa shape index (κ1) is 11.5. The fraction of sp³-hybridized carbons (Fsp3) is 0.400. The van der Waals surface area contributed by atoms with Crippen molar-refractivity contribution in [2.24, 2.45) is 0 Å². The molecule has 1 amide bonds. The molecule has 1 aromatic heterocycles. The van der Waals surface area contributed by atoms with Crippen LogP contribution in [0, 0.1) is 0 Å². The van der Waals surface area contributed by atoms with Crippen molar-refractivity contribution in [3.05, 3.63) is 22.1 Å². The minimum Gasteiger partial charge on any atom is -0.503 e. The maximum Gasteiger partial charge on any atom is 0.288 e. The molecule has 0 aliphatic carbocycles. The summed E-state index contributed by atoms with van der Waals surface area (Å²) in [5.74, 6) is -1.74. The zero-order valence-electron chi connectivity index (χ0n) is 9.54. The van der Waals surface area contributed by atoms with Gasteiger partial charge in [-0.15, -0.1) is 0 Å². The molecule has 0 radical (unpaired) electrons. The number of aromatic hydroxyl groups is 2.